The Kier molecular flexibility index (Phi) is 3.70. The molecule has 0 bridgehead atoms. The summed E-state index contributed by atoms with van der Waals surface area (Å²) in [6, 6.07) is 0. The van der Waals surface area contributed by atoms with Crippen LogP contribution in [0.15, 0.2) is 4.42 Å². The summed E-state index contributed by atoms with van der Waals surface area (Å²) in [7, 11) is 1.35. The number of ether oxygens (including phenoxy) is 2. The maximum absolute atomic E-state index is 11.3. The summed E-state index contributed by atoms with van der Waals surface area (Å²) in [5, 5.41) is 7.67. The molecule has 0 aromatic carbocycles. The maximum Gasteiger partial charge on any atom is 0.336 e. The van der Waals surface area contributed by atoms with Gasteiger partial charge in [0.1, 0.15) is 0 Å². The Balaban J connectivity index is 1.91. The van der Waals surface area contributed by atoms with Crippen molar-refractivity contribution in [1.82, 2.24) is 15.1 Å². The molecule has 94 valence electrons. The van der Waals surface area contributed by atoms with Crippen LogP contribution in [0.5, 0.6) is 0 Å². The van der Waals surface area contributed by atoms with E-state index in [2.05, 4.69) is 14.9 Å². The van der Waals surface area contributed by atoms with Gasteiger partial charge in [-0.05, 0) is 0 Å². The van der Waals surface area contributed by atoms with Crippen LogP contribution in [-0.4, -0.2) is 54.0 Å². The Hall–Kier alpha value is -1.47. The average Bonchev–Trinajstić information content (AvgIpc) is 2.74. The van der Waals surface area contributed by atoms with Crippen molar-refractivity contribution < 1.29 is 18.7 Å². The molecule has 0 spiro atoms. The van der Waals surface area contributed by atoms with Crippen molar-refractivity contribution >= 4 is 5.97 Å². The minimum atomic E-state index is -0.530. The van der Waals surface area contributed by atoms with Crippen LogP contribution >= 0.6 is 0 Å². The van der Waals surface area contributed by atoms with Crippen molar-refractivity contribution in [3.05, 3.63) is 11.8 Å². The van der Waals surface area contributed by atoms with Gasteiger partial charge in [-0.15, -0.1) is 10.2 Å². The summed E-state index contributed by atoms with van der Waals surface area (Å²) in [6.07, 6.45) is -0.530. The lowest BCUT2D eigenvalue weighted by Gasteiger charge is -2.30. The number of hydrogen-bond donors (Lipinski definition) is 0. The minimum absolute atomic E-state index is 0.351. The number of aromatic nitrogens is 2. The fourth-order valence-electron chi connectivity index (χ4n) is 1.71. The largest absolute Gasteiger partial charge is 0.467 e. The van der Waals surface area contributed by atoms with Crippen LogP contribution in [0.3, 0.4) is 0 Å². The molecule has 1 unspecified atom stereocenters. The number of methoxy groups -OCH3 is 1. The van der Waals surface area contributed by atoms with Gasteiger partial charge in [0.05, 0.1) is 20.3 Å². The van der Waals surface area contributed by atoms with Crippen LogP contribution in [0.2, 0.25) is 0 Å². The zero-order chi connectivity index (χ0) is 12.3. The van der Waals surface area contributed by atoms with Gasteiger partial charge < -0.3 is 13.9 Å². The second kappa shape index (κ2) is 5.24. The number of nitrogens with zero attached hydrogens (tertiary/aromatic N) is 3. The SMILES string of the molecule is COC(=O)C1CN(Cc2nnc(C)o2)CCO1. The Morgan fingerprint density at radius 3 is 3.06 bits per heavy atom. The van der Waals surface area contributed by atoms with Gasteiger partial charge in [-0.25, -0.2) is 4.79 Å². The molecule has 1 aliphatic rings. The molecule has 1 aromatic rings. The number of esters is 1. The highest BCUT2D eigenvalue weighted by molar-refractivity contribution is 5.74. The molecule has 7 heteroatoms. The number of aryl methyl sites for hydroxylation is 1. The molecule has 1 aromatic heterocycles. The second-order valence-corrected chi connectivity index (χ2v) is 3.83. The molecule has 0 aliphatic carbocycles. The summed E-state index contributed by atoms with van der Waals surface area (Å²) in [5.74, 6) is 0.738. The summed E-state index contributed by atoms with van der Waals surface area (Å²) in [4.78, 5) is 13.4. The Labute approximate surface area is 98.7 Å². The Bertz CT molecular complexity index is 393. The van der Waals surface area contributed by atoms with E-state index in [0.29, 0.717) is 31.5 Å². The fraction of sp³-hybridized carbons (Fsp3) is 0.700. The van der Waals surface area contributed by atoms with Crippen molar-refractivity contribution in [2.24, 2.45) is 0 Å². The summed E-state index contributed by atoms with van der Waals surface area (Å²) in [6.45, 7) is 3.97. The third kappa shape index (κ3) is 3.01. The van der Waals surface area contributed by atoms with Crippen LogP contribution in [0.4, 0.5) is 0 Å². The van der Waals surface area contributed by atoms with E-state index in [1.165, 1.54) is 7.11 Å². The summed E-state index contributed by atoms with van der Waals surface area (Å²) >= 11 is 0. The molecule has 17 heavy (non-hydrogen) atoms. The maximum atomic E-state index is 11.3. The normalized spacial score (nSPS) is 21.4. The number of morpholine rings is 1. The van der Waals surface area contributed by atoms with E-state index in [9.17, 15) is 4.79 Å². The van der Waals surface area contributed by atoms with Crippen molar-refractivity contribution in [3.8, 4) is 0 Å². The minimum Gasteiger partial charge on any atom is -0.467 e. The van der Waals surface area contributed by atoms with E-state index in [4.69, 9.17) is 9.15 Å². The first-order valence-electron chi connectivity index (χ1n) is 5.40. The fourth-order valence-corrected chi connectivity index (χ4v) is 1.71. The smallest absolute Gasteiger partial charge is 0.336 e. The molecule has 0 radical (unpaired) electrons. The standard InChI is InChI=1S/C10H15N3O4/c1-7-11-12-9(17-7)6-13-3-4-16-8(5-13)10(14)15-2/h8H,3-6H2,1-2H3. The lowest BCUT2D eigenvalue weighted by molar-refractivity contribution is -0.160. The van der Waals surface area contributed by atoms with Gasteiger partial charge in [0, 0.05) is 20.0 Å². The quantitative estimate of drug-likeness (QED) is 0.675. The van der Waals surface area contributed by atoms with Crippen LogP contribution < -0.4 is 0 Å². The van der Waals surface area contributed by atoms with Crippen LogP contribution in [0.1, 0.15) is 11.8 Å². The molecular formula is C10H15N3O4. The molecule has 2 rings (SSSR count). The van der Waals surface area contributed by atoms with Gasteiger partial charge in [-0.1, -0.05) is 0 Å². The highest BCUT2D eigenvalue weighted by Gasteiger charge is 2.28. The predicted octanol–water partition coefficient (Wildman–Crippen LogP) is -0.248. The van der Waals surface area contributed by atoms with E-state index >= 15 is 0 Å². The number of carbonyl (C=O) groups is 1. The highest BCUT2D eigenvalue weighted by Crippen LogP contribution is 2.10. The van der Waals surface area contributed by atoms with Gasteiger partial charge >= 0.3 is 5.97 Å². The zero-order valence-electron chi connectivity index (χ0n) is 9.88. The second-order valence-electron chi connectivity index (χ2n) is 3.83. The average molecular weight is 241 g/mol. The molecule has 0 amide bonds. The van der Waals surface area contributed by atoms with Crippen molar-refractivity contribution in [2.45, 2.75) is 19.6 Å². The number of carbonyl (C=O) groups excluding carboxylic acids is 1. The van der Waals surface area contributed by atoms with Crippen molar-refractivity contribution in [1.29, 1.82) is 0 Å². The third-order valence-corrected chi connectivity index (χ3v) is 2.54. The lowest BCUT2D eigenvalue weighted by Crippen LogP contribution is -2.46. The van der Waals surface area contributed by atoms with E-state index in [1.807, 2.05) is 4.90 Å². The van der Waals surface area contributed by atoms with E-state index in [1.54, 1.807) is 6.92 Å². The molecular weight excluding hydrogens is 226 g/mol. The molecule has 7 nitrogen and oxygen atoms in total. The monoisotopic (exact) mass is 241 g/mol. The van der Waals surface area contributed by atoms with Crippen molar-refractivity contribution in [2.75, 3.05) is 26.8 Å². The first-order chi connectivity index (χ1) is 8.19. The van der Waals surface area contributed by atoms with Gasteiger partial charge in [-0.2, -0.15) is 0 Å². The highest BCUT2D eigenvalue weighted by atomic mass is 16.6. The predicted molar refractivity (Wildman–Crippen MR) is 56.1 cm³/mol. The molecule has 0 N–H and O–H groups in total. The molecule has 1 atom stereocenters. The van der Waals surface area contributed by atoms with Gasteiger partial charge in [0.15, 0.2) is 6.10 Å². The van der Waals surface area contributed by atoms with Gasteiger partial charge in [-0.3, -0.25) is 4.90 Å². The number of hydrogen-bond acceptors (Lipinski definition) is 7. The molecule has 1 saturated heterocycles. The summed E-state index contributed by atoms with van der Waals surface area (Å²) < 4.78 is 15.3. The van der Waals surface area contributed by atoms with E-state index < -0.39 is 6.10 Å². The first kappa shape index (κ1) is 12.0. The van der Waals surface area contributed by atoms with Gasteiger partial charge in [0.2, 0.25) is 11.8 Å². The van der Waals surface area contributed by atoms with Crippen LogP contribution in [0, 0.1) is 6.92 Å². The lowest BCUT2D eigenvalue weighted by atomic mass is 10.2. The molecule has 1 aliphatic heterocycles. The van der Waals surface area contributed by atoms with E-state index in [0.717, 1.165) is 6.54 Å². The molecule has 2 heterocycles. The van der Waals surface area contributed by atoms with E-state index in [-0.39, 0.29) is 5.97 Å². The van der Waals surface area contributed by atoms with Crippen LogP contribution in [0.25, 0.3) is 0 Å². The van der Waals surface area contributed by atoms with Gasteiger partial charge in [0.25, 0.3) is 0 Å². The Morgan fingerprint density at radius 1 is 1.59 bits per heavy atom. The Morgan fingerprint density at radius 2 is 2.41 bits per heavy atom. The zero-order valence-corrected chi connectivity index (χ0v) is 9.88. The third-order valence-electron chi connectivity index (χ3n) is 2.54. The van der Waals surface area contributed by atoms with Crippen LogP contribution in [-0.2, 0) is 20.8 Å². The number of rotatable bonds is 3. The molecule has 1 fully saturated rings. The topological polar surface area (TPSA) is 77.7 Å². The summed E-state index contributed by atoms with van der Waals surface area (Å²) in [5.41, 5.74) is 0. The molecule has 0 saturated carbocycles. The van der Waals surface area contributed by atoms with Crippen molar-refractivity contribution in [3.63, 3.8) is 0 Å². The first-order valence-corrected chi connectivity index (χ1v) is 5.40.